The molecule has 0 saturated heterocycles. The lowest BCUT2D eigenvalue weighted by Crippen LogP contribution is -2.02. The van der Waals surface area contributed by atoms with Crippen molar-refractivity contribution in [3.05, 3.63) is 139 Å². The third-order valence-corrected chi connectivity index (χ3v) is 8.26. The first-order valence-corrected chi connectivity index (χ1v) is 13.5. The van der Waals surface area contributed by atoms with Crippen molar-refractivity contribution in [3.63, 3.8) is 0 Å². The van der Waals surface area contributed by atoms with Gasteiger partial charge in [0.25, 0.3) is 0 Å². The molecule has 0 N–H and O–H groups in total. The highest BCUT2D eigenvalue weighted by atomic mass is 14.2. The second kappa shape index (κ2) is 8.43. The summed E-state index contributed by atoms with van der Waals surface area (Å²) in [5.41, 5.74) is 8.18. The molecule has 0 atom stereocenters. The SMILES string of the molecule is C1=Cc2c(c(-c3ccc4cc5c(ccc6ccccc65)cc4c3)c3ccccc3c2-c2ccccc2)CC1. The van der Waals surface area contributed by atoms with Crippen LogP contribution in [-0.2, 0) is 6.42 Å². The molecule has 0 bridgehead atoms. The zero-order chi connectivity index (χ0) is 25.1. The minimum atomic E-state index is 1.06. The average Bonchev–Trinajstić information content (AvgIpc) is 2.99. The van der Waals surface area contributed by atoms with E-state index in [9.17, 15) is 0 Å². The van der Waals surface area contributed by atoms with E-state index in [1.807, 2.05) is 0 Å². The van der Waals surface area contributed by atoms with Crippen molar-refractivity contribution in [2.75, 3.05) is 0 Å². The summed E-state index contributed by atoms with van der Waals surface area (Å²) in [4.78, 5) is 0. The van der Waals surface area contributed by atoms with Gasteiger partial charge in [0.05, 0.1) is 0 Å². The smallest absolute Gasteiger partial charge is 0.00297 e. The molecule has 7 aromatic carbocycles. The van der Waals surface area contributed by atoms with Crippen LogP contribution in [0.2, 0.25) is 0 Å². The molecular formula is C38H26. The zero-order valence-electron chi connectivity index (χ0n) is 21.1. The Morgan fingerprint density at radius 2 is 1.13 bits per heavy atom. The van der Waals surface area contributed by atoms with E-state index < -0.39 is 0 Å². The summed E-state index contributed by atoms with van der Waals surface area (Å²) in [6.45, 7) is 0. The van der Waals surface area contributed by atoms with E-state index in [1.165, 1.54) is 76.5 Å². The molecule has 1 aliphatic rings. The Bertz CT molecular complexity index is 2060. The van der Waals surface area contributed by atoms with Gasteiger partial charge in [-0.05, 0) is 108 Å². The maximum Gasteiger partial charge on any atom is -0.00297 e. The van der Waals surface area contributed by atoms with Crippen molar-refractivity contribution in [2.24, 2.45) is 0 Å². The Balaban J connectivity index is 1.42. The quantitative estimate of drug-likeness (QED) is 0.170. The van der Waals surface area contributed by atoms with Gasteiger partial charge in [-0.15, -0.1) is 0 Å². The minimum Gasteiger partial charge on any atom is -0.0836 e. The molecule has 0 nitrogen and oxygen atoms in total. The summed E-state index contributed by atoms with van der Waals surface area (Å²) in [7, 11) is 0. The predicted octanol–water partition coefficient (Wildman–Crippen LogP) is 10.6. The van der Waals surface area contributed by atoms with Crippen molar-refractivity contribution < 1.29 is 0 Å². The van der Waals surface area contributed by atoms with Crippen molar-refractivity contribution in [1.82, 2.24) is 0 Å². The van der Waals surface area contributed by atoms with E-state index in [4.69, 9.17) is 0 Å². The molecule has 1 aliphatic carbocycles. The molecule has 0 aliphatic heterocycles. The van der Waals surface area contributed by atoms with Gasteiger partial charge < -0.3 is 0 Å². The number of hydrogen-bond acceptors (Lipinski definition) is 0. The van der Waals surface area contributed by atoms with Crippen molar-refractivity contribution >= 4 is 49.2 Å². The molecular weight excluding hydrogens is 456 g/mol. The van der Waals surface area contributed by atoms with Gasteiger partial charge in [0.1, 0.15) is 0 Å². The van der Waals surface area contributed by atoms with Gasteiger partial charge in [0, 0.05) is 0 Å². The second-order valence-electron chi connectivity index (χ2n) is 10.4. The third-order valence-electron chi connectivity index (χ3n) is 8.26. The van der Waals surface area contributed by atoms with Crippen LogP contribution in [0.5, 0.6) is 0 Å². The predicted molar refractivity (Wildman–Crippen MR) is 165 cm³/mol. The van der Waals surface area contributed by atoms with Gasteiger partial charge in [0.2, 0.25) is 0 Å². The molecule has 0 radical (unpaired) electrons. The lowest BCUT2D eigenvalue weighted by Gasteiger charge is -2.24. The number of allylic oxidation sites excluding steroid dienone is 1. The maximum atomic E-state index is 2.41. The van der Waals surface area contributed by atoms with Gasteiger partial charge in [-0.3, -0.25) is 0 Å². The molecule has 0 aromatic heterocycles. The Morgan fingerprint density at radius 3 is 2.00 bits per heavy atom. The van der Waals surface area contributed by atoms with E-state index in [0.717, 1.165) is 12.8 Å². The molecule has 38 heavy (non-hydrogen) atoms. The summed E-state index contributed by atoms with van der Waals surface area (Å²) in [5, 5.41) is 10.5. The fourth-order valence-electron chi connectivity index (χ4n) is 6.54. The van der Waals surface area contributed by atoms with E-state index >= 15 is 0 Å². The van der Waals surface area contributed by atoms with Gasteiger partial charge >= 0.3 is 0 Å². The van der Waals surface area contributed by atoms with Crippen LogP contribution in [0.1, 0.15) is 17.5 Å². The number of fused-ring (bicyclic) bond motifs is 6. The van der Waals surface area contributed by atoms with E-state index in [0.29, 0.717) is 0 Å². The summed E-state index contributed by atoms with van der Waals surface area (Å²) in [6.07, 6.45) is 6.84. The lowest BCUT2D eigenvalue weighted by atomic mass is 9.80. The fraction of sp³-hybridized carbons (Fsp3) is 0.0526. The topological polar surface area (TPSA) is 0 Å². The Labute approximate surface area is 222 Å². The zero-order valence-corrected chi connectivity index (χ0v) is 21.1. The molecule has 0 spiro atoms. The summed E-state index contributed by atoms with van der Waals surface area (Å²) >= 11 is 0. The normalized spacial score (nSPS) is 12.9. The van der Waals surface area contributed by atoms with Crippen molar-refractivity contribution in [1.29, 1.82) is 0 Å². The van der Waals surface area contributed by atoms with Crippen LogP contribution in [0.3, 0.4) is 0 Å². The van der Waals surface area contributed by atoms with Crippen LogP contribution in [0.25, 0.3) is 71.4 Å². The summed E-state index contributed by atoms with van der Waals surface area (Å²) < 4.78 is 0. The van der Waals surface area contributed by atoms with Crippen LogP contribution in [0, 0.1) is 0 Å². The first-order chi connectivity index (χ1) is 18.8. The van der Waals surface area contributed by atoms with E-state index in [2.05, 4.69) is 133 Å². The molecule has 0 saturated carbocycles. The monoisotopic (exact) mass is 482 g/mol. The van der Waals surface area contributed by atoms with Gasteiger partial charge in [-0.2, -0.15) is 0 Å². The molecule has 0 amide bonds. The first kappa shape index (κ1) is 21.4. The molecule has 8 rings (SSSR count). The number of rotatable bonds is 2. The Hall–Kier alpha value is -4.68. The molecule has 7 aromatic rings. The summed E-state index contributed by atoms with van der Waals surface area (Å²) in [5.74, 6) is 0. The summed E-state index contributed by atoms with van der Waals surface area (Å²) in [6, 6.07) is 44.8. The lowest BCUT2D eigenvalue weighted by molar-refractivity contribution is 0.991. The van der Waals surface area contributed by atoms with Crippen LogP contribution in [-0.4, -0.2) is 0 Å². The van der Waals surface area contributed by atoms with Crippen LogP contribution >= 0.6 is 0 Å². The third kappa shape index (κ3) is 3.24. The van der Waals surface area contributed by atoms with Crippen LogP contribution in [0.15, 0.2) is 127 Å². The fourth-order valence-corrected chi connectivity index (χ4v) is 6.54. The van der Waals surface area contributed by atoms with Crippen LogP contribution < -0.4 is 0 Å². The van der Waals surface area contributed by atoms with Gasteiger partial charge in [-0.1, -0.05) is 115 Å². The average molecular weight is 483 g/mol. The number of hydrogen-bond donors (Lipinski definition) is 0. The first-order valence-electron chi connectivity index (χ1n) is 13.5. The van der Waals surface area contributed by atoms with Crippen LogP contribution in [0.4, 0.5) is 0 Å². The molecule has 0 fully saturated rings. The number of benzene rings is 7. The van der Waals surface area contributed by atoms with E-state index in [1.54, 1.807) is 0 Å². The standard InChI is InChI=1S/C38H26/c1-2-11-26(12-3-1)37-32-14-6-8-16-34(32)38(35-17-9-7-15-33(35)37)29-21-19-27-24-36-28(22-30(27)23-29)20-18-25-10-4-5-13-31(25)36/h1-8,10-16,18-24H,9,17H2. The minimum absolute atomic E-state index is 1.06. The Kier molecular flexibility index (Phi) is 4.75. The van der Waals surface area contributed by atoms with Crippen molar-refractivity contribution in [2.45, 2.75) is 12.8 Å². The highest BCUT2D eigenvalue weighted by molar-refractivity contribution is 6.14. The molecule has 0 unspecified atom stereocenters. The van der Waals surface area contributed by atoms with Crippen molar-refractivity contribution in [3.8, 4) is 22.3 Å². The molecule has 178 valence electrons. The molecule has 0 heteroatoms. The van der Waals surface area contributed by atoms with E-state index in [-0.39, 0.29) is 0 Å². The Morgan fingerprint density at radius 1 is 0.421 bits per heavy atom. The second-order valence-corrected chi connectivity index (χ2v) is 10.4. The van der Waals surface area contributed by atoms with Gasteiger partial charge in [-0.25, -0.2) is 0 Å². The van der Waals surface area contributed by atoms with Gasteiger partial charge in [0.15, 0.2) is 0 Å². The largest absolute Gasteiger partial charge is 0.0836 e. The highest BCUT2D eigenvalue weighted by Gasteiger charge is 2.21. The molecule has 0 heterocycles. The maximum absolute atomic E-state index is 2.41. The highest BCUT2D eigenvalue weighted by Crippen LogP contribution is 2.45.